The van der Waals surface area contributed by atoms with Gasteiger partial charge in [0.15, 0.2) is 0 Å². The SMILES string of the molecule is O=C(c1cc(-c2ccccc2)nc2ccccc12)N1CCN(C(c2ccccc2)c2ccccc2)CC1. The van der Waals surface area contributed by atoms with Crippen LogP contribution in [0.25, 0.3) is 22.2 Å². The maximum absolute atomic E-state index is 13.9. The lowest BCUT2D eigenvalue weighted by atomic mass is 9.96. The van der Waals surface area contributed by atoms with Gasteiger partial charge in [0.05, 0.1) is 22.8 Å². The predicted molar refractivity (Wildman–Crippen MR) is 149 cm³/mol. The lowest BCUT2D eigenvalue weighted by molar-refractivity contribution is 0.0599. The summed E-state index contributed by atoms with van der Waals surface area (Å²) in [6.07, 6.45) is 0. The molecule has 5 aromatic rings. The Kier molecular flexibility index (Phi) is 6.49. The fourth-order valence-corrected chi connectivity index (χ4v) is 5.35. The van der Waals surface area contributed by atoms with Crippen molar-refractivity contribution in [2.24, 2.45) is 0 Å². The molecule has 1 saturated heterocycles. The third-order valence-corrected chi connectivity index (χ3v) is 7.21. The number of rotatable bonds is 5. The van der Waals surface area contributed by atoms with Crippen molar-refractivity contribution < 1.29 is 4.79 Å². The molecule has 4 heteroatoms. The number of hydrogen-bond acceptors (Lipinski definition) is 3. The van der Waals surface area contributed by atoms with Crippen LogP contribution in [0.1, 0.15) is 27.5 Å². The molecule has 0 spiro atoms. The first-order valence-electron chi connectivity index (χ1n) is 12.9. The molecule has 2 heterocycles. The summed E-state index contributed by atoms with van der Waals surface area (Å²) in [5, 5.41) is 0.904. The summed E-state index contributed by atoms with van der Waals surface area (Å²) >= 11 is 0. The molecule has 4 nitrogen and oxygen atoms in total. The van der Waals surface area contributed by atoms with E-state index in [2.05, 4.69) is 65.6 Å². The van der Waals surface area contributed by atoms with E-state index >= 15 is 0 Å². The van der Waals surface area contributed by atoms with Crippen molar-refractivity contribution in [3.63, 3.8) is 0 Å². The average Bonchev–Trinajstić information content (AvgIpc) is 2.98. The van der Waals surface area contributed by atoms with Crippen molar-refractivity contribution in [3.05, 3.63) is 138 Å². The molecule has 0 unspecified atom stereocenters. The second-order valence-electron chi connectivity index (χ2n) is 9.49. The molecule has 1 aliphatic rings. The topological polar surface area (TPSA) is 36.4 Å². The van der Waals surface area contributed by atoms with Crippen LogP contribution in [0.3, 0.4) is 0 Å². The predicted octanol–water partition coefficient (Wildman–Crippen LogP) is 6.45. The number of fused-ring (bicyclic) bond motifs is 1. The number of carbonyl (C=O) groups excluding carboxylic acids is 1. The minimum Gasteiger partial charge on any atom is -0.336 e. The number of benzene rings is 4. The average molecular weight is 484 g/mol. The van der Waals surface area contributed by atoms with Crippen LogP contribution in [-0.2, 0) is 0 Å². The number of hydrogen-bond donors (Lipinski definition) is 0. The largest absolute Gasteiger partial charge is 0.336 e. The molecule has 0 N–H and O–H groups in total. The molecule has 1 fully saturated rings. The Bertz CT molecular complexity index is 1460. The minimum absolute atomic E-state index is 0.0754. The second kappa shape index (κ2) is 10.4. The molecular weight excluding hydrogens is 454 g/mol. The summed E-state index contributed by atoms with van der Waals surface area (Å²) in [5.74, 6) is 0.0754. The Hall–Kier alpha value is -4.28. The van der Waals surface area contributed by atoms with E-state index < -0.39 is 0 Å². The summed E-state index contributed by atoms with van der Waals surface area (Å²) in [6.45, 7) is 3.00. The first-order chi connectivity index (χ1) is 18.3. The second-order valence-corrected chi connectivity index (χ2v) is 9.49. The van der Waals surface area contributed by atoms with E-state index in [-0.39, 0.29) is 11.9 Å². The van der Waals surface area contributed by atoms with Crippen molar-refractivity contribution in [3.8, 4) is 11.3 Å². The zero-order valence-corrected chi connectivity index (χ0v) is 20.7. The fraction of sp³-hybridized carbons (Fsp3) is 0.152. The van der Waals surface area contributed by atoms with Gasteiger partial charge in [0.25, 0.3) is 5.91 Å². The minimum atomic E-state index is 0.0754. The highest BCUT2D eigenvalue weighted by Crippen LogP contribution is 2.31. The monoisotopic (exact) mass is 483 g/mol. The highest BCUT2D eigenvalue weighted by Gasteiger charge is 2.29. The molecule has 1 aromatic heterocycles. The van der Waals surface area contributed by atoms with Gasteiger partial charge in [-0.05, 0) is 23.3 Å². The molecule has 0 saturated carbocycles. The lowest BCUT2D eigenvalue weighted by Crippen LogP contribution is -2.49. The van der Waals surface area contributed by atoms with Crippen molar-refractivity contribution >= 4 is 16.8 Å². The van der Waals surface area contributed by atoms with Gasteiger partial charge in [0, 0.05) is 37.1 Å². The summed E-state index contributed by atoms with van der Waals surface area (Å²) in [4.78, 5) is 23.2. The number of aromatic nitrogens is 1. The van der Waals surface area contributed by atoms with E-state index in [1.807, 2.05) is 65.6 Å². The zero-order chi connectivity index (χ0) is 25.0. The summed E-state index contributed by atoms with van der Waals surface area (Å²) in [7, 11) is 0. The van der Waals surface area contributed by atoms with Crippen molar-refractivity contribution in [2.75, 3.05) is 26.2 Å². The van der Waals surface area contributed by atoms with Crippen molar-refractivity contribution in [1.29, 1.82) is 0 Å². The van der Waals surface area contributed by atoms with Gasteiger partial charge in [-0.3, -0.25) is 9.69 Å². The first-order valence-corrected chi connectivity index (χ1v) is 12.9. The summed E-state index contributed by atoms with van der Waals surface area (Å²) < 4.78 is 0. The fourth-order valence-electron chi connectivity index (χ4n) is 5.35. The van der Waals surface area contributed by atoms with Crippen LogP contribution in [0.15, 0.2) is 121 Å². The molecule has 1 amide bonds. The van der Waals surface area contributed by atoms with Gasteiger partial charge in [-0.15, -0.1) is 0 Å². The van der Waals surface area contributed by atoms with Crippen LogP contribution < -0.4 is 0 Å². The van der Waals surface area contributed by atoms with Gasteiger partial charge in [-0.2, -0.15) is 0 Å². The number of pyridine rings is 1. The number of piperazine rings is 1. The van der Waals surface area contributed by atoms with Crippen LogP contribution in [0.5, 0.6) is 0 Å². The van der Waals surface area contributed by atoms with E-state index in [0.717, 1.165) is 40.8 Å². The van der Waals surface area contributed by atoms with Gasteiger partial charge in [-0.1, -0.05) is 109 Å². The molecule has 37 heavy (non-hydrogen) atoms. The summed E-state index contributed by atoms with van der Waals surface area (Å²) in [6, 6.07) is 41.5. The van der Waals surface area contributed by atoms with E-state index in [1.54, 1.807) is 0 Å². The standard InChI is InChI=1S/C33H29N3O/c37-33(29-24-31(25-12-4-1-5-13-25)34-30-19-11-10-18-28(29)30)36-22-20-35(21-23-36)32(26-14-6-2-7-15-26)27-16-8-3-9-17-27/h1-19,24,32H,20-23H2. The van der Waals surface area contributed by atoms with Crippen LogP contribution in [-0.4, -0.2) is 46.9 Å². The highest BCUT2D eigenvalue weighted by molar-refractivity contribution is 6.07. The molecule has 1 aliphatic heterocycles. The zero-order valence-electron chi connectivity index (χ0n) is 20.7. The van der Waals surface area contributed by atoms with Gasteiger partial charge < -0.3 is 4.90 Å². The number of nitrogens with zero attached hydrogens (tertiary/aromatic N) is 3. The quantitative estimate of drug-likeness (QED) is 0.288. The molecule has 0 atom stereocenters. The number of carbonyl (C=O) groups is 1. The third kappa shape index (κ3) is 4.76. The van der Waals surface area contributed by atoms with Crippen molar-refractivity contribution in [2.45, 2.75) is 6.04 Å². The molecule has 4 aromatic carbocycles. The van der Waals surface area contributed by atoms with Gasteiger partial charge >= 0.3 is 0 Å². The molecule has 0 bridgehead atoms. The van der Waals surface area contributed by atoms with Crippen LogP contribution in [0, 0.1) is 0 Å². The molecular formula is C33H29N3O. The Balaban J connectivity index is 1.28. The Morgan fingerprint density at radius 1 is 0.649 bits per heavy atom. The van der Waals surface area contributed by atoms with E-state index in [9.17, 15) is 4.79 Å². The van der Waals surface area contributed by atoms with E-state index in [1.165, 1.54) is 11.1 Å². The highest BCUT2D eigenvalue weighted by atomic mass is 16.2. The van der Waals surface area contributed by atoms with Gasteiger partial charge in [0.2, 0.25) is 0 Å². The maximum atomic E-state index is 13.9. The Morgan fingerprint density at radius 2 is 1.19 bits per heavy atom. The molecule has 0 radical (unpaired) electrons. The number of amides is 1. The first kappa shape index (κ1) is 23.1. The smallest absolute Gasteiger partial charge is 0.254 e. The maximum Gasteiger partial charge on any atom is 0.254 e. The van der Waals surface area contributed by atoms with Gasteiger partial charge in [0.1, 0.15) is 0 Å². The van der Waals surface area contributed by atoms with Crippen molar-refractivity contribution in [1.82, 2.24) is 14.8 Å². The molecule has 0 aliphatic carbocycles. The van der Waals surface area contributed by atoms with E-state index in [0.29, 0.717) is 13.1 Å². The van der Waals surface area contributed by atoms with Gasteiger partial charge in [-0.25, -0.2) is 4.98 Å². The molecule has 6 rings (SSSR count). The van der Waals surface area contributed by atoms with Crippen LogP contribution >= 0.6 is 0 Å². The molecule has 182 valence electrons. The Morgan fingerprint density at radius 3 is 1.81 bits per heavy atom. The summed E-state index contributed by atoms with van der Waals surface area (Å²) in [5.41, 5.74) is 5.97. The van der Waals surface area contributed by atoms with Crippen LogP contribution in [0.4, 0.5) is 0 Å². The van der Waals surface area contributed by atoms with E-state index in [4.69, 9.17) is 4.98 Å². The normalized spacial score (nSPS) is 14.2. The number of para-hydroxylation sites is 1. The Labute approximate surface area is 217 Å². The third-order valence-electron chi connectivity index (χ3n) is 7.21. The lowest BCUT2D eigenvalue weighted by Gasteiger charge is -2.40. The van der Waals surface area contributed by atoms with Crippen LogP contribution in [0.2, 0.25) is 0 Å².